The summed E-state index contributed by atoms with van der Waals surface area (Å²) in [4.78, 5) is 34.5. The molecule has 0 radical (unpaired) electrons. The Morgan fingerprint density at radius 1 is 1.35 bits per heavy atom. The van der Waals surface area contributed by atoms with Gasteiger partial charge in [0.2, 0.25) is 0 Å². The zero-order chi connectivity index (χ0) is 15.1. The number of likely N-dealkylation sites (N-methyl/N-ethyl adjacent to an activating group) is 1. The Bertz CT molecular complexity index is 500. The second-order valence-corrected chi connectivity index (χ2v) is 3.87. The lowest BCUT2D eigenvalue weighted by atomic mass is 10.3. The Hall–Kier alpha value is -2.48. The molecule has 0 bridgehead atoms. The molecule has 0 aliphatic rings. The van der Waals surface area contributed by atoms with Gasteiger partial charge in [-0.3, -0.25) is 19.7 Å². The van der Waals surface area contributed by atoms with E-state index in [9.17, 15) is 19.7 Å². The summed E-state index contributed by atoms with van der Waals surface area (Å²) >= 11 is 0. The number of nitro groups is 1. The van der Waals surface area contributed by atoms with E-state index in [0.717, 1.165) is 0 Å². The van der Waals surface area contributed by atoms with E-state index in [4.69, 9.17) is 5.11 Å². The maximum atomic E-state index is 11.7. The monoisotopic (exact) mass is 281 g/mol. The smallest absolute Gasteiger partial charge is 0.313 e. The molecule has 0 heterocycles. The van der Waals surface area contributed by atoms with Gasteiger partial charge < -0.3 is 15.3 Å². The van der Waals surface area contributed by atoms with Crippen LogP contribution in [0.3, 0.4) is 0 Å². The number of benzene rings is 1. The first-order chi connectivity index (χ1) is 9.49. The first kappa shape index (κ1) is 15.6. The third-order valence-corrected chi connectivity index (χ3v) is 2.57. The molecule has 0 atom stereocenters. The van der Waals surface area contributed by atoms with Crippen molar-refractivity contribution in [2.45, 2.75) is 6.92 Å². The summed E-state index contributed by atoms with van der Waals surface area (Å²) in [6, 6.07) is 5.13. The number of nitro benzene ring substituents is 1. The Kier molecular flexibility index (Phi) is 5.60. The van der Waals surface area contributed by atoms with Crippen molar-refractivity contribution >= 4 is 23.2 Å². The highest BCUT2D eigenvalue weighted by Crippen LogP contribution is 2.15. The van der Waals surface area contributed by atoms with Crippen LogP contribution in [0.5, 0.6) is 0 Å². The molecule has 0 aromatic heterocycles. The molecule has 0 aliphatic carbocycles. The Morgan fingerprint density at radius 2 is 1.95 bits per heavy atom. The SMILES string of the molecule is CCN(CCO)C(=O)C(=O)Nc1ccc([N+](=O)[O-])cc1. The fraction of sp³-hybridized carbons (Fsp3) is 0.333. The van der Waals surface area contributed by atoms with E-state index in [1.54, 1.807) is 6.92 Å². The van der Waals surface area contributed by atoms with Gasteiger partial charge in [0, 0.05) is 30.9 Å². The molecule has 0 aliphatic heterocycles. The van der Waals surface area contributed by atoms with Crippen LogP contribution in [0.15, 0.2) is 24.3 Å². The number of hydrogen-bond acceptors (Lipinski definition) is 5. The van der Waals surface area contributed by atoms with Gasteiger partial charge in [-0.25, -0.2) is 0 Å². The van der Waals surface area contributed by atoms with Crippen LogP contribution in [0.1, 0.15) is 6.92 Å². The summed E-state index contributed by atoms with van der Waals surface area (Å²) in [5, 5.41) is 21.6. The number of rotatable bonds is 5. The van der Waals surface area contributed by atoms with E-state index in [1.165, 1.54) is 29.2 Å². The van der Waals surface area contributed by atoms with Gasteiger partial charge in [0.1, 0.15) is 0 Å². The van der Waals surface area contributed by atoms with Crippen LogP contribution in [0.25, 0.3) is 0 Å². The van der Waals surface area contributed by atoms with Crippen molar-refractivity contribution in [3.8, 4) is 0 Å². The minimum Gasteiger partial charge on any atom is -0.395 e. The lowest BCUT2D eigenvalue weighted by Gasteiger charge is -2.18. The first-order valence-corrected chi connectivity index (χ1v) is 5.95. The number of nitrogens with zero attached hydrogens (tertiary/aromatic N) is 2. The predicted octanol–water partition coefficient (Wildman–Crippen LogP) is 0.374. The van der Waals surface area contributed by atoms with Gasteiger partial charge in [-0.15, -0.1) is 0 Å². The van der Waals surface area contributed by atoms with Crippen LogP contribution in [0.4, 0.5) is 11.4 Å². The summed E-state index contributed by atoms with van der Waals surface area (Å²) in [7, 11) is 0. The van der Waals surface area contributed by atoms with Crippen molar-refractivity contribution in [2.24, 2.45) is 0 Å². The molecule has 0 saturated carbocycles. The molecular weight excluding hydrogens is 266 g/mol. The van der Waals surface area contributed by atoms with Crippen molar-refractivity contribution in [1.82, 2.24) is 4.90 Å². The number of aliphatic hydroxyl groups is 1. The molecule has 0 fully saturated rings. The van der Waals surface area contributed by atoms with Gasteiger partial charge in [-0.2, -0.15) is 0 Å². The summed E-state index contributed by atoms with van der Waals surface area (Å²) in [6.07, 6.45) is 0. The molecule has 8 heteroatoms. The molecule has 1 aromatic rings. The van der Waals surface area contributed by atoms with Crippen molar-refractivity contribution in [2.75, 3.05) is 25.0 Å². The highest BCUT2D eigenvalue weighted by atomic mass is 16.6. The third-order valence-electron chi connectivity index (χ3n) is 2.57. The molecule has 2 N–H and O–H groups in total. The molecular formula is C12H15N3O5. The van der Waals surface area contributed by atoms with E-state index in [0.29, 0.717) is 6.54 Å². The zero-order valence-corrected chi connectivity index (χ0v) is 10.9. The van der Waals surface area contributed by atoms with Crippen molar-refractivity contribution < 1.29 is 19.6 Å². The second-order valence-electron chi connectivity index (χ2n) is 3.87. The van der Waals surface area contributed by atoms with E-state index in [-0.39, 0.29) is 24.5 Å². The number of carbonyl (C=O) groups is 2. The minimum atomic E-state index is -0.853. The fourth-order valence-corrected chi connectivity index (χ4v) is 1.52. The normalized spacial score (nSPS) is 9.90. The van der Waals surface area contributed by atoms with E-state index in [2.05, 4.69) is 5.32 Å². The summed E-state index contributed by atoms with van der Waals surface area (Å²) in [6.45, 7) is 1.83. The fourth-order valence-electron chi connectivity index (χ4n) is 1.52. The molecule has 0 saturated heterocycles. The number of hydrogen-bond donors (Lipinski definition) is 2. The topological polar surface area (TPSA) is 113 Å². The third kappa shape index (κ3) is 4.02. The number of carbonyl (C=O) groups excluding carboxylic acids is 2. The Labute approximate surface area is 115 Å². The van der Waals surface area contributed by atoms with Crippen LogP contribution >= 0.6 is 0 Å². The summed E-state index contributed by atoms with van der Waals surface area (Å²) < 4.78 is 0. The van der Waals surface area contributed by atoms with E-state index >= 15 is 0 Å². The van der Waals surface area contributed by atoms with Gasteiger partial charge >= 0.3 is 11.8 Å². The zero-order valence-electron chi connectivity index (χ0n) is 10.9. The van der Waals surface area contributed by atoms with Gasteiger partial charge in [0.25, 0.3) is 5.69 Å². The number of aliphatic hydroxyl groups excluding tert-OH is 1. The number of nitrogens with one attached hydrogen (secondary N) is 1. The molecule has 108 valence electrons. The summed E-state index contributed by atoms with van der Waals surface area (Å²) in [5.74, 6) is -1.62. The van der Waals surface area contributed by atoms with Crippen molar-refractivity contribution in [3.63, 3.8) is 0 Å². The molecule has 1 aromatic carbocycles. The molecule has 20 heavy (non-hydrogen) atoms. The van der Waals surface area contributed by atoms with Crippen LogP contribution in [-0.4, -0.2) is 46.4 Å². The average Bonchev–Trinajstić information content (AvgIpc) is 2.44. The Balaban J connectivity index is 2.70. The standard InChI is InChI=1S/C12H15N3O5/c1-2-14(7-8-16)12(18)11(17)13-9-3-5-10(6-4-9)15(19)20/h3-6,16H,2,7-8H2,1H3,(H,13,17). The lowest BCUT2D eigenvalue weighted by Crippen LogP contribution is -2.41. The van der Waals surface area contributed by atoms with Gasteiger partial charge in [0.05, 0.1) is 11.5 Å². The maximum Gasteiger partial charge on any atom is 0.313 e. The minimum absolute atomic E-state index is 0.0724. The molecule has 1 rings (SSSR count). The maximum absolute atomic E-state index is 11.7. The van der Waals surface area contributed by atoms with Crippen molar-refractivity contribution in [3.05, 3.63) is 34.4 Å². The number of anilines is 1. The summed E-state index contributed by atoms with van der Waals surface area (Å²) in [5.41, 5.74) is 0.179. The van der Waals surface area contributed by atoms with Gasteiger partial charge in [-0.1, -0.05) is 0 Å². The highest BCUT2D eigenvalue weighted by Gasteiger charge is 2.20. The van der Waals surface area contributed by atoms with Gasteiger partial charge in [0.15, 0.2) is 0 Å². The van der Waals surface area contributed by atoms with Crippen molar-refractivity contribution in [1.29, 1.82) is 0 Å². The average molecular weight is 281 g/mol. The van der Waals surface area contributed by atoms with Crippen LogP contribution in [0.2, 0.25) is 0 Å². The van der Waals surface area contributed by atoms with Crippen LogP contribution in [0, 0.1) is 10.1 Å². The second kappa shape index (κ2) is 7.19. The predicted molar refractivity (Wildman–Crippen MR) is 71.1 cm³/mol. The van der Waals surface area contributed by atoms with E-state index < -0.39 is 16.7 Å². The first-order valence-electron chi connectivity index (χ1n) is 5.95. The largest absolute Gasteiger partial charge is 0.395 e. The lowest BCUT2D eigenvalue weighted by molar-refractivity contribution is -0.384. The van der Waals surface area contributed by atoms with E-state index in [1.807, 2.05) is 0 Å². The molecule has 2 amide bonds. The quantitative estimate of drug-likeness (QED) is 0.460. The Morgan fingerprint density at radius 3 is 2.40 bits per heavy atom. The molecule has 0 unspecified atom stereocenters. The molecule has 8 nitrogen and oxygen atoms in total. The highest BCUT2D eigenvalue weighted by molar-refractivity contribution is 6.39. The number of non-ortho nitro benzene ring substituents is 1. The number of amides is 2. The van der Waals surface area contributed by atoms with Gasteiger partial charge in [-0.05, 0) is 19.1 Å². The van der Waals surface area contributed by atoms with Crippen LogP contribution < -0.4 is 5.32 Å². The molecule has 0 spiro atoms. The van der Waals surface area contributed by atoms with Crippen LogP contribution in [-0.2, 0) is 9.59 Å².